The van der Waals surface area contributed by atoms with Crippen molar-refractivity contribution in [3.63, 3.8) is 0 Å². The fourth-order valence-corrected chi connectivity index (χ4v) is 3.73. The summed E-state index contributed by atoms with van der Waals surface area (Å²) in [7, 11) is 1.54. The first-order valence-electron chi connectivity index (χ1n) is 7.15. The molecule has 1 heterocycles. The van der Waals surface area contributed by atoms with Crippen LogP contribution in [0.2, 0.25) is 0 Å². The second kappa shape index (κ2) is 8.16. The number of nitrogens with zero attached hydrogens (tertiary/aromatic N) is 2. The van der Waals surface area contributed by atoms with Crippen LogP contribution >= 0.6 is 23.1 Å². The van der Waals surface area contributed by atoms with Crippen LogP contribution in [0.5, 0.6) is 11.5 Å². The number of ether oxygens (including phenoxy) is 2. The van der Waals surface area contributed by atoms with Gasteiger partial charge in [-0.25, -0.2) is 0 Å². The van der Waals surface area contributed by atoms with Gasteiger partial charge in [0.2, 0.25) is 5.13 Å². The maximum absolute atomic E-state index is 12.3. The molecule has 0 bridgehead atoms. The molecule has 124 valence electrons. The number of benzene rings is 1. The molecule has 0 atom stereocenters. The zero-order chi connectivity index (χ0) is 16.8. The minimum atomic E-state index is -0.261. The first-order chi connectivity index (χ1) is 11.0. The van der Waals surface area contributed by atoms with Crippen LogP contribution in [0.1, 0.15) is 31.1 Å². The number of aromatic nitrogens is 2. The van der Waals surface area contributed by atoms with Crippen molar-refractivity contribution in [2.45, 2.75) is 30.4 Å². The maximum Gasteiger partial charge on any atom is 0.257 e. The number of carbonyl (C=O) groups excluding carboxylic acids is 1. The Labute approximate surface area is 143 Å². The smallest absolute Gasteiger partial charge is 0.257 e. The monoisotopic (exact) mass is 353 g/mol. The molecule has 0 aliphatic carbocycles. The van der Waals surface area contributed by atoms with Gasteiger partial charge in [0.1, 0.15) is 0 Å². The third-order valence-electron chi connectivity index (χ3n) is 2.69. The molecular formula is C15H19N3O3S2. The molecule has 0 aliphatic rings. The van der Waals surface area contributed by atoms with Gasteiger partial charge in [0.15, 0.2) is 15.8 Å². The Morgan fingerprint density at radius 2 is 2.13 bits per heavy atom. The lowest BCUT2D eigenvalue weighted by molar-refractivity contribution is 0.102. The van der Waals surface area contributed by atoms with E-state index in [9.17, 15) is 4.79 Å². The van der Waals surface area contributed by atoms with Crippen LogP contribution in [0.4, 0.5) is 5.13 Å². The van der Waals surface area contributed by atoms with Crippen LogP contribution in [0, 0.1) is 0 Å². The highest BCUT2D eigenvalue weighted by Gasteiger charge is 2.14. The number of methoxy groups -OCH3 is 1. The van der Waals surface area contributed by atoms with Gasteiger partial charge >= 0.3 is 0 Å². The first kappa shape index (κ1) is 17.6. The second-order valence-electron chi connectivity index (χ2n) is 4.79. The van der Waals surface area contributed by atoms with Crippen molar-refractivity contribution in [2.75, 3.05) is 19.0 Å². The molecule has 6 nitrogen and oxygen atoms in total. The van der Waals surface area contributed by atoms with Crippen LogP contribution in [0.25, 0.3) is 0 Å². The standard InChI is InChI=1S/C15H19N3O3S2/c1-5-21-11-7-6-10(8-12(11)20-4)13(19)16-14-17-18-15(23-14)22-9(2)3/h6-9H,5H2,1-4H3,(H,16,17,19). The van der Waals surface area contributed by atoms with Gasteiger partial charge in [-0.2, -0.15) is 0 Å². The Kier molecular flexibility index (Phi) is 6.23. The Morgan fingerprint density at radius 3 is 2.78 bits per heavy atom. The number of anilines is 1. The average molecular weight is 353 g/mol. The molecule has 0 saturated carbocycles. The second-order valence-corrected chi connectivity index (χ2v) is 7.59. The number of rotatable bonds is 7. The van der Waals surface area contributed by atoms with Crippen LogP contribution in [-0.4, -0.2) is 35.1 Å². The van der Waals surface area contributed by atoms with E-state index < -0.39 is 0 Å². The quantitative estimate of drug-likeness (QED) is 0.604. The molecular weight excluding hydrogens is 334 g/mol. The van der Waals surface area contributed by atoms with Gasteiger partial charge in [-0.1, -0.05) is 36.9 Å². The summed E-state index contributed by atoms with van der Waals surface area (Å²) >= 11 is 2.97. The molecule has 0 unspecified atom stereocenters. The molecule has 1 aromatic carbocycles. The number of carbonyl (C=O) groups is 1. The van der Waals surface area contributed by atoms with Gasteiger partial charge in [-0.3, -0.25) is 10.1 Å². The molecule has 0 radical (unpaired) electrons. The molecule has 1 aromatic heterocycles. The number of amides is 1. The van der Waals surface area contributed by atoms with Crippen LogP contribution in [-0.2, 0) is 0 Å². The third kappa shape index (κ3) is 4.84. The highest BCUT2D eigenvalue weighted by Crippen LogP contribution is 2.30. The summed E-state index contributed by atoms with van der Waals surface area (Å²) in [5, 5.41) is 11.7. The van der Waals surface area contributed by atoms with Crippen molar-refractivity contribution in [3.8, 4) is 11.5 Å². The van der Waals surface area contributed by atoms with Gasteiger partial charge in [0.05, 0.1) is 13.7 Å². The summed E-state index contributed by atoms with van der Waals surface area (Å²) in [4.78, 5) is 12.3. The molecule has 0 saturated heterocycles. The molecule has 0 aliphatic heterocycles. The summed E-state index contributed by atoms with van der Waals surface area (Å²) in [5.41, 5.74) is 0.471. The van der Waals surface area contributed by atoms with Crippen LogP contribution in [0.15, 0.2) is 22.5 Å². The lowest BCUT2D eigenvalue weighted by atomic mass is 10.2. The summed E-state index contributed by atoms with van der Waals surface area (Å²) in [6.07, 6.45) is 0. The van der Waals surface area contributed by atoms with E-state index in [1.807, 2.05) is 6.92 Å². The normalized spacial score (nSPS) is 10.7. The SMILES string of the molecule is CCOc1ccc(C(=O)Nc2nnc(SC(C)C)s2)cc1OC. The average Bonchev–Trinajstić information content (AvgIpc) is 2.94. The number of nitrogens with one attached hydrogen (secondary N) is 1. The molecule has 8 heteroatoms. The van der Waals surface area contributed by atoms with Gasteiger partial charge in [-0.05, 0) is 25.1 Å². The minimum absolute atomic E-state index is 0.261. The maximum atomic E-state index is 12.3. The largest absolute Gasteiger partial charge is 0.493 e. The van der Waals surface area contributed by atoms with E-state index >= 15 is 0 Å². The van der Waals surface area contributed by atoms with Gasteiger partial charge in [-0.15, -0.1) is 10.2 Å². The third-order valence-corrected chi connectivity index (χ3v) is 4.62. The first-order valence-corrected chi connectivity index (χ1v) is 8.85. The Morgan fingerprint density at radius 1 is 1.35 bits per heavy atom. The molecule has 2 aromatic rings. The van der Waals surface area contributed by atoms with E-state index in [1.165, 1.54) is 11.3 Å². The van der Waals surface area contributed by atoms with E-state index in [0.717, 1.165) is 4.34 Å². The molecule has 1 N–H and O–H groups in total. The number of hydrogen-bond donors (Lipinski definition) is 1. The summed E-state index contributed by atoms with van der Waals surface area (Å²) < 4.78 is 11.5. The van der Waals surface area contributed by atoms with Crippen molar-refractivity contribution in [3.05, 3.63) is 23.8 Å². The van der Waals surface area contributed by atoms with Crippen molar-refractivity contribution < 1.29 is 14.3 Å². The van der Waals surface area contributed by atoms with Gasteiger partial charge in [0.25, 0.3) is 5.91 Å². The van der Waals surface area contributed by atoms with Gasteiger partial charge in [0, 0.05) is 10.8 Å². The van der Waals surface area contributed by atoms with E-state index in [0.29, 0.717) is 34.1 Å². The van der Waals surface area contributed by atoms with Crippen LogP contribution in [0.3, 0.4) is 0 Å². The van der Waals surface area contributed by atoms with E-state index in [2.05, 4.69) is 29.4 Å². The van der Waals surface area contributed by atoms with E-state index in [-0.39, 0.29) is 5.91 Å². The highest BCUT2D eigenvalue weighted by molar-refractivity contribution is 8.01. The Bertz CT molecular complexity index is 674. The zero-order valence-electron chi connectivity index (χ0n) is 13.5. The molecule has 2 rings (SSSR count). The van der Waals surface area contributed by atoms with Crippen LogP contribution < -0.4 is 14.8 Å². The molecule has 23 heavy (non-hydrogen) atoms. The predicted molar refractivity (Wildman–Crippen MR) is 93.0 cm³/mol. The molecule has 0 spiro atoms. The lowest BCUT2D eigenvalue weighted by Crippen LogP contribution is -2.12. The Hall–Kier alpha value is -1.80. The van der Waals surface area contributed by atoms with Crippen molar-refractivity contribution >= 4 is 34.1 Å². The molecule has 1 amide bonds. The summed E-state index contributed by atoms with van der Waals surface area (Å²) in [6.45, 7) is 6.58. The number of hydrogen-bond acceptors (Lipinski definition) is 7. The Balaban J connectivity index is 2.09. The fourth-order valence-electron chi connectivity index (χ4n) is 1.76. The van der Waals surface area contributed by atoms with E-state index in [4.69, 9.17) is 9.47 Å². The number of thioether (sulfide) groups is 1. The van der Waals surface area contributed by atoms with E-state index in [1.54, 1.807) is 37.1 Å². The summed E-state index contributed by atoms with van der Waals surface area (Å²) in [6, 6.07) is 5.05. The fraction of sp³-hybridized carbons (Fsp3) is 0.400. The van der Waals surface area contributed by atoms with Crippen molar-refractivity contribution in [1.82, 2.24) is 10.2 Å². The summed E-state index contributed by atoms with van der Waals surface area (Å²) in [5.74, 6) is 0.870. The van der Waals surface area contributed by atoms with Crippen molar-refractivity contribution in [1.29, 1.82) is 0 Å². The van der Waals surface area contributed by atoms with Crippen molar-refractivity contribution in [2.24, 2.45) is 0 Å². The highest BCUT2D eigenvalue weighted by atomic mass is 32.2. The predicted octanol–water partition coefficient (Wildman–Crippen LogP) is 3.70. The lowest BCUT2D eigenvalue weighted by Gasteiger charge is -2.10. The topological polar surface area (TPSA) is 73.3 Å². The minimum Gasteiger partial charge on any atom is -0.493 e. The molecule has 0 fully saturated rings. The van der Waals surface area contributed by atoms with Gasteiger partial charge < -0.3 is 9.47 Å². The zero-order valence-corrected chi connectivity index (χ0v) is 15.1.